The first-order chi connectivity index (χ1) is 9.82. The fourth-order valence-electron chi connectivity index (χ4n) is 2.14. The molecule has 0 bridgehead atoms. The molecule has 4 heteroatoms. The first kappa shape index (κ1) is 16.3. The number of hydrogen-bond acceptors (Lipinski definition) is 2. The van der Waals surface area contributed by atoms with Gasteiger partial charge in [0, 0.05) is 11.1 Å². The minimum absolute atomic E-state index is 0.125. The van der Waals surface area contributed by atoms with Crippen LogP contribution in [0.15, 0.2) is 24.3 Å². The standard InChI is InChI=1S/C17H20Cl2N2/c1-5-6-13-14(18)20-16(21-15(13)19)11-7-9-12(10-8-11)17(2,3)4/h7-10H,5-6H2,1-4H3. The van der Waals surface area contributed by atoms with Crippen molar-refractivity contribution in [3.05, 3.63) is 45.7 Å². The first-order valence-corrected chi connectivity index (χ1v) is 7.91. The van der Waals surface area contributed by atoms with E-state index in [2.05, 4.69) is 49.8 Å². The number of halogens is 2. The Balaban J connectivity index is 2.39. The third-order valence-electron chi connectivity index (χ3n) is 3.42. The summed E-state index contributed by atoms with van der Waals surface area (Å²) in [5, 5.41) is 0.901. The largest absolute Gasteiger partial charge is 0.216 e. The van der Waals surface area contributed by atoms with E-state index < -0.39 is 0 Å². The third-order valence-corrected chi connectivity index (χ3v) is 4.04. The smallest absolute Gasteiger partial charge is 0.162 e. The first-order valence-electron chi connectivity index (χ1n) is 7.15. The molecule has 21 heavy (non-hydrogen) atoms. The molecule has 0 amide bonds. The zero-order valence-electron chi connectivity index (χ0n) is 12.9. The van der Waals surface area contributed by atoms with Crippen LogP contribution in [0.25, 0.3) is 11.4 Å². The molecule has 0 saturated heterocycles. The SMILES string of the molecule is CCCc1c(Cl)nc(-c2ccc(C(C)(C)C)cc2)nc1Cl. The molecule has 2 nitrogen and oxygen atoms in total. The zero-order chi connectivity index (χ0) is 15.6. The number of nitrogens with zero attached hydrogens (tertiary/aromatic N) is 2. The van der Waals surface area contributed by atoms with E-state index in [1.54, 1.807) is 0 Å². The second kappa shape index (κ2) is 6.33. The second-order valence-corrected chi connectivity index (χ2v) is 6.90. The van der Waals surface area contributed by atoms with Gasteiger partial charge in [0.05, 0.1) is 0 Å². The Kier molecular flexibility index (Phi) is 4.90. The number of hydrogen-bond donors (Lipinski definition) is 0. The van der Waals surface area contributed by atoms with Gasteiger partial charge in [-0.15, -0.1) is 0 Å². The van der Waals surface area contributed by atoms with Crippen LogP contribution in [0.1, 0.15) is 45.2 Å². The highest BCUT2D eigenvalue weighted by atomic mass is 35.5. The van der Waals surface area contributed by atoms with E-state index in [0.717, 1.165) is 24.0 Å². The summed E-state index contributed by atoms with van der Waals surface area (Å²) in [6.07, 6.45) is 1.75. The van der Waals surface area contributed by atoms with E-state index in [1.807, 2.05) is 12.1 Å². The molecule has 0 N–H and O–H groups in total. The van der Waals surface area contributed by atoms with Crippen LogP contribution in [0, 0.1) is 0 Å². The van der Waals surface area contributed by atoms with Crippen molar-refractivity contribution < 1.29 is 0 Å². The van der Waals surface area contributed by atoms with Gasteiger partial charge in [0.2, 0.25) is 0 Å². The van der Waals surface area contributed by atoms with Gasteiger partial charge in [0.15, 0.2) is 5.82 Å². The number of benzene rings is 1. The van der Waals surface area contributed by atoms with E-state index in [4.69, 9.17) is 23.2 Å². The van der Waals surface area contributed by atoms with Gasteiger partial charge in [-0.2, -0.15) is 0 Å². The van der Waals surface area contributed by atoms with Crippen LogP contribution in [0.2, 0.25) is 10.3 Å². The lowest BCUT2D eigenvalue weighted by Crippen LogP contribution is -2.10. The molecule has 1 aromatic carbocycles. The maximum atomic E-state index is 6.23. The summed E-state index contributed by atoms with van der Waals surface area (Å²) in [4.78, 5) is 8.77. The van der Waals surface area contributed by atoms with Crippen molar-refractivity contribution in [1.29, 1.82) is 0 Å². The maximum absolute atomic E-state index is 6.23. The van der Waals surface area contributed by atoms with Crippen molar-refractivity contribution in [3.8, 4) is 11.4 Å². The van der Waals surface area contributed by atoms with Crippen molar-refractivity contribution in [1.82, 2.24) is 9.97 Å². The molecule has 0 saturated carbocycles. The molecule has 0 atom stereocenters. The van der Waals surface area contributed by atoms with Gasteiger partial charge in [-0.3, -0.25) is 0 Å². The molecule has 2 rings (SSSR count). The third kappa shape index (κ3) is 3.75. The lowest BCUT2D eigenvalue weighted by atomic mass is 9.87. The Labute approximate surface area is 136 Å². The molecule has 1 heterocycles. The summed E-state index contributed by atoms with van der Waals surface area (Å²) < 4.78 is 0. The molecule has 112 valence electrons. The Hall–Kier alpha value is -1.12. The quantitative estimate of drug-likeness (QED) is 0.677. The summed E-state index contributed by atoms with van der Waals surface area (Å²) in [6, 6.07) is 8.23. The van der Waals surface area contributed by atoms with Crippen molar-refractivity contribution in [2.24, 2.45) is 0 Å². The Bertz CT molecular complexity index is 605. The van der Waals surface area contributed by atoms with Crippen LogP contribution in [-0.2, 0) is 11.8 Å². The normalized spacial score (nSPS) is 11.7. The van der Waals surface area contributed by atoms with Crippen LogP contribution >= 0.6 is 23.2 Å². The van der Waals surface area contributed by atoms with Gasteiger partial charge in [-0.05, 0) is 17.4 Å². The predicted octanol–water partition coefficient (Wildman–Crippen LogP) is 5.70. The Morgan fingerprint density at radius 1 is 0.952 bits per heavy atom. The highest BCUT2D eigenvalue weighted by molar-refractivity contribution is 6.34. The number of rotatable bonds is 3. The molecular weight excluding hydrogens is 303 g/mol. The van der Waals surface area contributed by atoms with E-state index in [9.17, 15) is 0 Å². The fraction of sp³-hybridized carbons (Fsp3) is 0.412. The topological polar surface area (TPSA) is 25.8 Å². The molecule has 0 spiro atoms. The monoisotopic (exact) mass is 322 g/mol. The molecule has 0 aliphatic rings. The number of aromatic nitrogens is 2. The Morgan fingerprint density at radius 3 is 1.90 bits per heavy atom. The van der Waals surface area contributed by atoms with Crippen LogP contribution in [0.4, 0.5) is 0 Å². The van der Waals surface area contributed by atoms with Crippen LogP contribution in [-0.4, -0.2) is 9.97 Å². The second-order valence-electron chi connectivity index (χ2n) is 6.18. The van der Waals surface area contributed by atoms with Gasteiger partial charge in [-0.25, -0.2) is 9.97 Å². The molecule has 0 radical (unpaired) electrons. The summed E-state index contributed by atoms with van der Waals surface area (Å²) in [6.45, 7) is 8.63. The summed E-state index contributed by atoms with van der Waals surface area (Å²) in [5.41, 5.74) is 3.15. The van der Waals surface area contributed by atoms with E-state index in [1.165, 1.54) is 5.56 Å². The van der Waals surface area contributed by atoms with Gasteiger partial charge >= 0.3 is 0 Å². The van der Waals surface area contributed by atoms with Gasteiger partial charge in [-0.1, -0.05) is 81.6 Å². The minimum Gasteiger partial charge on any atom is -0.216 e. The average Bonchev–Trinajstić information content (AvgIpc) is 2.42. The minimum atomic E-state index is 0.125. The van der Waals surface area contributed by atoms with Crippen molar-refractivity contribution in [3.63, 3.8) is 0 Å². The molecule has 1 aromatic heterocycles. The maximum Gasteiger partial charge on any atom is 0.162 e. The molecule has 2 aromatic rings. The van der Waals surface area contributed by atoms with Crippen LogP contribution in [0.5, 0.6) is 0 Å². The van der Waals surface area contributed by atoms with Crippen molar-refractivity contribution in [2.45, 2.75) is 46.0 Å². The highest BCUT2D eigenvalue weighted by Crippen LogP contribution is 2.28. The summed E-state index contributed by atoms with van der Waals surface area (Å²) >= 11 is 12.5. The average molecular weight is 323 g/mol. The van der Waals surface area contributed by atoms with E-state index in [-0.39, 0.29) is 5.41 Å². The van der Waals surface area contributed by atoms with Crippen molar-refractivity contribution in [2.75, 3.05) is 0 Å². The summed E-state index contributed by atoms with van der Waals surface area (Å²) in [5.74, 6) is 0.574. The van der Waals surface area contributed by atoms with Gasteiger partial charge in [0.1, 0.15) is 10.3 Å². The van der Waals surface area contributed by atoms with Crippen LogP contribution < -0.4 is 0 Å². The molecule has 0 fully saturated rings. The zero-order valence-corrected chi connectivity index (χ0v) is 14.4. The van der Waals surface area contributed by atoms with E-state index >= 15 is 0 Å². The highest BCUT2D eigenvalue weighted by Gasteiger charge is 2.15. The molecule has 0 unspecified atom stereocenters. The predicted molar refractivity (Wildman–Crippen MR) is 90.2 cm³/mol. The van der Waals surface area contributed by atoms with Crippen molar-refractivity contribution >= 4 is 23.2 Å². The lowest BCUT2D eigenvalue weighted by molar-refractivity contribution is 0.590. The molecular formula is C17H20Cl2N2. The molecule has 0 aliphatic heterocycles. The van der Waals surface area contributed by atoms with Gasteiger partial charge < -0.3 is 0 Å². The van der Waals surface area contributed by atoms with E-state index in [0.29, 0.717) is 16.1 Å². The van der Waals surface area contributed by atoms with Gasteiger partial charge in [0.25, 0.3) is 0 Å². The van der Waals surface area contributed by atoms with Crippen LogP contribution in [0.3, 0.4) is 0 Å². The summed E-state index contributed by atoms with van der Waals surface area (Å²) in [7, 11) is 0. The lowest BCUT2D eigenvalue weighted by Gasteiger charge is -2.19. The fourth-order valence-corrected chi connectivity index (χ4v) is 2.71. The molecule has 0 aliphatic carbocycles. The Morgan fingerprint density at radius 2 is 1.48 bits per heavy atom.